The molecule has 0 saturated carbocycles. The molecular formula is C10H21N. The Morgan fingerprint density at radius 1 is 1.36 bits per heavy atom. The number of rotatable bonds is 5. The van der Waals surface area contributed by atoms with Crippen LogP contribution in [0.3, 0.4) is 0 Å². The summed E-state index contributed by atoms with van der Waals surface area (Å²) in [7, 11) is 1.87. The molecule has 0 rings (SSSR count). The monoisotopic (exact) mass is 155 g/mol. The van der Waals surface area contributed by atoms with Crippen molar-refractivity contribution in [3.05, 3.63) is 0 Å². The zero-order valence-electron chi connectivity index (χ0n) is 8.35. The molecule has 0 amide bonds. The Morgan fingerprint density at radius 2 is 2.00 bits per heavy atom. The van der Waals surface area contributed by atoms with Crippen molar-refractivity contribution in [1.29, 1.82) is 0 Å². The largest absolute Gasteiger partial charge is 0.298 e. The Hall–Kier alpha value is -0.330. The van der Waals surface area contributed by atoms with Crippen LogP contribution in [-0.2, 0) is 0 Å². The highest BCUT2D eigenvalue weighted by Crippen LogP contribution is 2.12. The van der Waals surface area contributed by atoms with Crippen LogP contribution in [0.5, 0.6) is 0 Å². The first-order valence-corrected chi connectivity index (χ1v) is 4.63. The molecule has 0 aliphatic carbocycles. The molecule has 0 spiro atoms. The molecule has 0 bridgehead atoms. The molecule has 1 nitrogen and oxygen atoms in total. The molecule has 66 valence electrons. The number of aliphatic imine (C=N–C) groups is 1. The van der Waals surface area contributed by atoms with E-state index in [9.17, 15) is 0 Å². The normalized spacial score (nSPS) is 15.1. The first-order chi connectivity index (χ1) is 5.20. The van der Waals surface area contributed by atoms with Crippen LogP contribution in [0.15, 0.2) is 4.99 Å². The topological polar surface area (TPSA) is 12.4 Å². The number of hydrogen-bond donors (Lipinski definition) is 0. The van der Waals surface area contributed by atoms with Crippen molar-refractivity contribution in [2.24, 2.45) is 10.9 Å². The molecule has 0 aromatic rings. The molecular weight excluding hydrogens is 134 g/mol. The van der Waals surface area contributed by atoms with Gasteiger partial charge in [0.05, 0.1) is 0 Å². The maximum absolute atomic E-state index is 4.14. The van der Waals surface area contributed by atoms with Gasteiger partial charge in [0, 0.05) is 12.8 Å². The number of hydrogen-bond acceptors (Lipinski definition) is 1. The van der Waals surface area contributed by atoms with Crippen molar-refractivity contribution in [3.63, 3.8) is 0 Å². The van der Waals surface area contributed by atoms with Gasteiger partial charge in [0.1, 0.15) is 0 Å². The Bertz CT molecular complexity index is 116. The summed E-state index contributed by atoms with van der Waals surface area (Å²) in [6, 6.07) is 0. The predicted octanol–water partition coefficient (Wildman–Crippen LogP) is 3.29. The lowest BCUT2D eigenvalue weighted by atomic mass is 9.99. The molecule has 1 heteroatoms. The minimum atomic E-state index is 0.872. The Kier molecular flexibility index (Phi) is 6.19. The third-order valence-electron chi connectivity index (χ3n) is 2.16. The molecule has 1 atom stereocenters. The van der Waals surface area contributed by atoms with Gasteiger partial charge in [-0.05, 0) is 25.7 Å². The van der Waals surface area contributed by atoms with E-state index in [0.717, 1.165) is 5.92 Å². The van der Waals surface area contributed by atoms with Crippen LogP contribution in [-0.4, -0.2) is 12.8 Å². The van der Waals surface area contributed by atoms with Crippen molar-refractivity contribution in [2.75, 3.05) is 7.05 Å². The lowest BCUT2D eigenvalue weighted by molar-refractivity contribution is 0.496. The van der Waals surface area contributed by atoms with Gasteiger partial charge in [0.15, 0.2) is 0 Å². The molecule has 0 N–H and O–H groups in total. The summed E-state index contributed by atoms with van der Waals surface area (Å²) in [4.78, 5) is 4.14. The molecule has 0 heterocycles. The predicted molar refractivity (Wildman–Crippen MR) is 52.3 cm³/mol. The Balaban J connectivity index is 3.37. The van der Waals surface area contributed by atoms with Gasteiger partial charge in [-0.15, -0.1) is 0 Å². The van der Waals surface area contributed by atoms with E-state index < -0.39 is 0 Å². The first-order valence-electron chi connectivity index (χ1n) is 4.63. The maximum atomic E-state index is 4.14. The van der Waals surface area contributed by atoms with Gasteiger partial charge in [0.25, 0.3) is 0 Å². The summed E-state index contributed by atoms with van der Waals surface area (Å²) in [5.41, 5.74) is 1.29. The zero-order chi connectivity index (χ0) is 8.69. The maximum Gasteiger partial charge on any atom is 0.0276 e. The summed E-state index contributed by atoms with van der Waals surface area (Å²) in [5.74, 6) is 0.872. The van der Waals surface area contributed by atoms with Gasteiger partial charge in [0.2, 0.25) is 0 Å². The lowest BCUT2D eigenvalue weighted by Crippen LogP contribution is -1.98. The van der Waals surface area contributed by atoms with Crippen molar-refractivity contribution in [1.82, 2.24) is 0 Å². The highest BCUT2D eigenvalue weighted by atomic mass is 14.7. The fraction of sp³-hybridized carbons (Fsp3) is 0.900. The fourth-order valence-corrected chi connectivity index (χ4v) is 1.20. The minimum absolute atomic E-state index is 0.872. The SMILES string of the molecule is CCCC(C)CCC(C)=NC. The zero-order valence-corrected chi connectivity index (χ0v) is 8.35. The van der Waals surface area contributed by atoms with E-state index in [1.165, 1.54) is 31.4 Å². The minimum Gasteiger partial charge on any atom is -0.298 e. The van der Waals surface area contributed by atoms with Crippen molar-refractivity contribution >= 4 is 5.71 Å². The van der Waals surface area contributed by atoms with Gasteiger partial charge in [-0.2, -0.15) is 0 Å². The summed E-state index contributed by atoms with van der Waals surface area (Å²) in [6.45, 7) is 6.68. The second kappa shape index (κ2) is 6.38. The van der Waals surface area contributed by atoms with Crippen molar-refractivity contribution in [2.45, 2.75) is 46.5 Å². The first kappa shape index (κ1) is 10.7. The van der Waals surface area contributed by atoms with Gasteiger partial charge >= 0.3 is 0 Å². The highest BCUT2D eigenvalue weighted by molar-refractivity contribution is 5.81. The molecule has 1 unspecified atom stereocenters. The second-order valence-corrected chi connectivity index (χ2v) is 3.39. The summed E-state index contributed by atoms with van der Waals surface area (Å²) < 4.78 is 0. The molecule has 0 fully saturated rings. The average Bonchev–Trinajstić information content (AvgIpc) is 2.01. The number of nitrogens with zero attached hydrogens (tertiary/aromatic N) is 1. The van der Waals surface area contributed by atoms with Crippen molar-refractivity contribution in [3.8, 4) is 0 Å². The quantitative estimate of drug-likeness (QED) is 0.540. The molecule has 0 radical (unpaired) electrons. The van der Waals surface area contributed by atoms with Crippen molar-refractivity contribution < 1.29 is 0 Å². The third kappa shape index (κ3) is 6.08. The van der Waals surface area contributed by atoms with Crippen LogP contribution < -0.4 is 0 Å². The van der Waals surface area contributed by atoms with Crippen LogP contribution in [0.2, 0.25) is 0 Å². The van der Waals surface area contributed by atoms with E-state index in [4.69, 9.17) is 0 Å². The fourth-order valence-electron chi connectivity index (χ4n) is 1.20. The standard InChI is InChI=1S/C10H21N/c1-5-6-9(2)7-8-10(3)11-4/h9H,5-8H2,1-4H3. The summed E-state index contributed by atoms with van der Waals surface area (Å²) in [6.07, 6.45) is 5.15. The van der Waals surface area contributed by atoms with Crippen LogP contribution in [0.1, 0.15) is 46.5 Å². The van der Waals surface area contributed by atoms with Crippen LogP contribution in [0.25, 0.3) is 0 Å². The van der Waals surface area contributed by atoms with Gasteiger partial charge in [-0.25, -0.2) is 0 Å². The highest BCUT2D eigenvalue weighted by Gasteiger charge is 2.00. The molecule has 0 aromatic carbocycles. The van der Waals surface area contributed by atoms with E-state index in [1.54, 1.807) is 0 Å². The van der Waals surface area contributed by atoms with Gasteiger partial charge in [-0.1, -0.05) is 26.7 Å². The van der Waals surface area contributed by atoms with E-state index in [2.05, 4.69) is 25.8 Å². The second-order valence-electron chi connectivity index (χ2n) is 3.39. The molecule has 11 heavy (non-hydrogen) atoms. The van der Waals surface area contributed by atoms with Gasteiger partial charge in [-0.3, -0.25) is 4.99 Å². The van der Waals surface area contributed by atoms with Crippen LogP contribution in [0, 0.1) is 5.92 Å². The van der Waals surface area contributed by atoms with E-state index >= 15 is 0 Å². The summed E-state index contributed by atoms with van der Waals surface area (Å²) >= 11 is 0. The van der Waals surface area contributed by atoms with Gasteiger partial charge < -0.3 is 0 Å². The van der Waals surface area contributed by atoms with Crippen LogP contribution >= 0.6 is 0 Å². The molecule has 0 aliphatic heterocycles. The average molecular weight is 155 g/mol. The molecule has 0 aliphatic rings. The smallest absolute Gasteiger partial charge is 0.0276 e. The van der Waals surface area contributed by atoms with E-state index in [-0.39, 0.29) is 0 Å². The van der Waals surface area contributed by atoms with E-state index in [0.29, 0.717) is 0 Å². The van der Waals surface area contributed by atoms with E-state index in [1.807, 2.05) is 7.05 Å². The van der Waals surface area contributed by atoms with Crippen LogP contribution in [0.4, 0.5) is 0 Å². The summed E-state index contributed by atoms with van der Waals surface area (Å²) in [5, 5.41) is 0. The Labute approximate surface area is 70.9 Å². The lowest BCUT2D eigenvalue weighted by Gasteiger charge is -2.08. The Morgan fingerprint density at radius 3 is 2.45 bits per heavy atom. The molecule has 0 aromatic heterocycles. The third-order valence-corrected chi connectivity index (χ3v) is 2.16. The molecule has 0 saturated heterocycles.